The van der Waals surface area contributed by atoms with Crippen LogP contribution >= 0.6 is 0 Å². The van der Waals surface area contributed by atoms with Crippen LogP contribution in [-0.4, -0.2) is 85.8 Å². The van der Waals surface area contributed by atoms with Gasteiger partial charge in [0.05, 0.1) is 24.3 Å². The Bertz CT molecular complexity index is 1650. The Morgan fingerprint density at radius 3 is 2.65 bits per heavy atom. The molecule has 0 bridgehead atoms. The van der Waals surface area contributed by atoms with Crippen molar-refractivity contribution in [2.45, 2.75) is 63.0 Å². The number of fused-ring (bicyclic) bond motifs is 2. The van der Waals surface area contributed by atoms with Gasteiger partial charge in [-0.3, -0.25) is 14.6 Å². The van der Waals surface area contributed by atoms with Crippen LogP contribution < -0.4 is 5.32 Å². The molecule has 3 unspecified atom stereocenters. The van der Waals surface area contributed by atoms with E-state index in [1.807, 2.05) is 80.5 Å². The van der Waals surface area contributed by atoms with E-state index in [4.69, 9.17) is 4.98 Å². The minimum Gasteiger partial charge on any atom is -0.597 e. The number of rotatable bonds is 8. The summed E-state index contributed by atoms with van der Waals surface area (Å²) in [5, 5.41) is 13.6. The van der Waals surface area contributed by atoms with Crippen molar-refractivity contribution in [2.24, 2.45) is 5.92 Å². The molecule has 2 N–H and O–H groups in total. The highest BCUT2D eigenvalue weighted by Gasteiger charge is 2.69. The molecule has 3 aromatic rings. The van der Waals surface area contributed by atoms with Crippen molar-refractivity contribution in [3.8, 4) is 23.1 Å². The Balaban J connectivity index is 1.34. The summed E-state index contributed by atoms with van der Waals surface area (Å²) in [7, 11) is 3.97. The highest BCUT2D eigenvalue weighted by molar-refractivity contribution is 7.90. The topological polar surface area (TPSA) is 95.0 Å². The van der Waals surface area contributed by atoms with Gasteiger partial charge in [-0.1, -0.05) is 54.3 Å². The average Bonchev–Trinajstić information content (AvgIpc) is 3.44. The van der Waals surface area contributed by atoms with Crippen LogP contribution in [0.4, 0.5) is 0 Å². The summed E-state index contributed by atoms with van der Waals surface area (Å²) >= 11 is -1.33. The summed E-state index contributed by atoms with van der Waals surface area (Å²) in [4.78, 5) is 23.3. The fourth-order valence-corrected chi connectivity index (χ4v) is 8.40. The van der Waals surface area contributed by atoms with E-state index in [0.29, 0.717) is 30.9 Å². The molecule has 9 heteroatoms. The van der Waals surface area contributed by atoms with E-state index in [1.165, 1.54) is 5.56 Å². The van der Waals surface area contributed by atoms with Gasteiger partial charge in [0.25, 0.3) is 5.91 Å². The molecule has 1 saturated heterocycles. The lowest BCUT2D eigenvalue weighted by atomic mass is 9.94. The predicted octanol–water partition coefficient (Wildman–Crippen LogP) is 4.15. The molecule has 3 heterocycles. The fraction of sp³-hybridized carbons (Fsp3) is 0.459. The minimum absolute atomic E-state index is 0.00380. The Morgan fingerprint density at radius 2 is 1.96 bits per heavy atom. The third-order valence-electron chi connectivity index (χ3n) is 9.16. The molecule has 2 aliphatic heterocycles. The van der Waals surface area contributed by atoms with Crippen LogP contribution in [-0.2, 0) is 30.0 Å². The van der Waals surface area contributed by atoms with Crippen LogP contribution in [0.15, 0.2) is 60.7 Å². The highest BCUT2D eigenvalue weighted by atomic mass is 32.2. The van der Waals surface area contributed by atoms with E-state index in [2.05, 4.69) is 46.3 Å². The van der Waals surface area contributed by atoms with Gasteiger partial charge in [0.15, 0.2) is 0 Å². The molecule has 1 spiro atoms. The molecule has 242 valence electrons. The quantitative estimate of drug-likeness (QED) is 0.283. The molecule has 1 amide bonds. The Labute approximate surface area is 276 Å². The molecule has 1 aromatic heterocycles. The Kier molecular flexibility index (Phi) is 9.32. The van der Waals surface area contributed by atoms with Crippen molar-refractivity contribution < 1.29 is 14.5 Å². The van der Waals surface area contributed by atoms with E-state index in [-0.39, 0.29) is 24.5 Å². The maximum atomic E-state index is 14.0. The lowest BCUT2D eigenvalue weighted by Crippen LogP contribution is -2.46. The molecule has 6 rings (SSSR count). The number of aromatic nitrogens is 1. The maximum absolute atomic E-state index is 14.0. The molecule has 4 atom stereocenters. The molecular weight excluding hydrogens is 595 g/mol. The molecule has 3 aliphatic rings. The molecule has 2 aromatic carbocycles. The zero-order valence-electron chi connectivity index (χ0n) is 27.5. The van der Waals surface area contributed by atoms with Crippen LogP contribution in [0, 0.1) is 17.8 Å². The number of nitrogens with one attached hydrogen (secondary N) is 1. The van der Waals surface area contributed by atoms with Gasteiger partial charge in [-0.05, 0) is 77.0 Å². The number of nitrogens with zero attached hydrogens (tertiary/aromatic N) is 4. The first-order valence-electron chi connectivity index (χ1n) is 16.2. The van der Waals surface area contributed by atoms with Crippen LogP contribution in [0.25, 0.3) is 11.3 Å². The number of aliphatic hydroxyl groups excluding tert-OH is 1. The number of carbonyl (C=O) groups is 1. The van der Waals surface area contributed by atoms with Gasteiger partial charge in [0.1, 0.15) is 10.4 Å². The number of likely N-dealkylation sites (tertiary alicyclic amines) is 1. The lowest BCUT2D eigenvalue weighted by molar-refractivity contribution is 0.0932. The van der Waals surface area contributed by atoms with E-state index >= 15 is 0 Å². The van der Waals surface area contributed by atoms with Crippen molar-refractivity contribution in [1.29, 1.82) is 0 Å². The van der Waals surface area contributed by atoms with Crippen LogP contribution in [0.3, 0.4) is 0 Å². The van der Waals surface area contributed by atoms with E-state index in [0.717, 1.165) is 48.3 Å². The summed E-state index contributed by atoms with van der Waals surface area (Å²) in [5.41, 5.74) is 5.41. The van der Waals surface area contributed by atoms with Crippen molar-refractivity contribution in [3.63, 3.8) is 0 Å². The average molecular weight is 640 g/mol. The summed E-state index contributed by atoms with van der Waals surface area (Å²) in [6.07, 6.45) is 1.57. The van der Waals surface area contributed by atoms with Gasteiger partial charge in [-0.2, -0.15) is 0 Å². The second-order valence-electron chi connectivity index (χ2n) is 14.1. The number of aliphatic hydroxyl groups is 1. The number of hydrogen-bond acceptors (Lipinski definition) is 7. The molecular formula is C37H45N5O3S. The second kappa shape index (κ2) is 13.1. The fourth-order valence-electron chi connectivity index (χ4n) is 6.87. The summed E-state index contributed by atoms with van der Waals surface area (Å²) < 4.78 is 15.5. The third-order valence-corrected chi connectivity index (χ3v) is 11.1. The molecule has 0 radical (unpaired) electrons. The number of pyridine rings is 1. The first-order valence-corrected chi connectivity index (χ1v) is 17.3. The van der Waals surface area contributed by atoms with Crippen LogP contribution in [0.2, 0.25) is 0 Å². The Morgan fingerprint density at radius 1 is 1.17 bits per heavy atom. The zero-order valence-corrected chi connectivity index (χ0v) is 28.4. The molecule has 1 aliphatic carbocycles. The number of benzene rings is 2. The first kappa shape index (κ1) is 32.7. The third kappa shape index (κ3) is 6.61. The van der Waals surface area contributed by atoms with Gasteiger partial charge in [0, 0.05) is 66.3 Å². The van der Waals surface area contributed by atoms with E-state index < -0.39 is 21.6 Å². The SMILES string of the molecule is CN(C)CC#Cc1cccc(-c2nc(C(=O)N[C@H]3CCN(Cc4ccccc4)C3)cc3c2C2(CC2CO)N([S+]([O-])C(C)(C)C)C3)c1. The normalized spacial score (nSPS) is 23.3. The van der Waals surface area contributed by atoms with Gasteiger partial charge >= 0.3 is 0 Å². The summed E-state index contributed by atoms with van der Waals surface area (Å²) in [6, 6.07) is 20.3. The van der Waals surface area contributed by atoms with Crippen molar-refractivity contribution in [1.82, 2.24) is 24.4 Å². The smallest absolute Gasteiger partial charge is 0.270 e. The van der Waals surface area contributed by atoms with Crippen molar-refractivity contribution in [2.75, 3.05) is 40.3 Å². The van der Waals surface area contributed by atoms with Crippen LogP contribution in [0.5, 0.6) is 0 Å². The Hall–Kier alpha value is -3.23. The number of hydrogen-bond donors (Lipinski definition) is 2. The molecule has 46 heavy (non-hydrogen) atoms. The van der Waals surface area contributed by atoms with Crippen LogP contribution in [0.1, 0.15) is 66.4 Å². The summed E-state index contributed by atoms with van der Waals surface area (Å²) in [5.74, 6) is 6.22. The van der Waals surface area contributed by atoms with E-state index in [1.54, 1.807) is 0 Å². The number of amides is 1. The first-order chi connectivity index (χ1) is 22.0. The molecule has 1 saturated carbocycles. The maximum Gasteiger partial charge on any atom is 0.270 e. The molecule has 8 nitrogen and oxygen atoms in total. The minimum atomic E-state index is -1.33. The second-order valence-corrected chi connectivity index (χ2v) is 16.3. The monoisotopic (exact) mass is 639 g/mol. The van der Waals surface area contributed by atoms with Gasteiger partial charge in [-0.15, -0.1) is 4.31 Å². The lowest BCUT2D eigenvalue weighted by Gasteiger charge is -2.34. The zero-order chi connectivity index (χ0) is 32.6. The predicted molar refractivity (Wildman–Crippen MR) is 183 cm³/mol. The number of carbonyl (C=O) groups excluding carboxylic acids is 1. The van der Waals surface area contributed by atoms with Crippen molar-refractivity contribution in [3.05, 3.63) is 88.6 Å². The van der Waals surface area contributed by atoms with Gasteiger partial charge in [-0.25, -0.2) is 4.98 Å². The standard InChI is InChI=1S/C37H45N5O3S/c1-36(2,3)46(45)42-23-29-20-32(35(44)38-31-16-18-41(24-31)22-27-11-7-6-8-12-27)39-34(33(29)37(42)21-30(37)25-43)28-15-9-13-26(19-28)14-10-17-40(4)5/h6-9,11-13,15,19-20,30-31,43H,16-18,21-25H2,1-5H3,(H,38,44)/t30?,31-,37?,46?/m0/s1. The van der Waals surface area contributed by atoms with Gasteiger partial charge in [0.2, 0.25) is 0 Å². The van der Waals surface area contributed by atoms with Crippen molar-refractivity contribution >= 4 is 17.3 Å². The highest BCUT2D eigenvalue weighted by Crippen LogP contribution is 2.64. The molecule has 2 fully saturated rings. The van der Waals surface area contributed by atoms with Gasteiger partial charge < -0.3 is 15.0 Å². The largest absolute Gasteiger partial charge is 0.597 e. The van der Waals surface area contributed by atoms with E-state index in [9.17, 15) is 14.5 Å². The summed E-state index contributed by atoms with van der Waals surface area (Å²) in [6.45, 7) is 9.57.